The molecular formula is C37H43N3O5. The molecule has 1 aromatic heterocycles. The fourth-order valence-corrected chi connectivity index (χ4v) is 6.98. The van der Waals surface area contributed by atoms with Crippen molar-refractivity contribution in [1.82, 2.24) is 14.8 Å². The van der Waals surface area contributed by atoms with Crippen LogP contribution in [-0.4, -0.2) is 47.6 Å². The molecule has 2 amide bonds. The normalized spacial score (nSPS) is 18.9. The van der Waals surface area contributed by atoms with Crippen molar-refractivity contribution in [3.05, 3.63) is 89.6 Å². The monoisotopic (exact) mass is 609 g/mol. The Morgan fingerprint density at radius 2 is 1.58 bits per heavy atom. The largest absolute Gasteiger partial charge is 0.496 e. The predicted octanol–water partition coefficient (Wildman–Crippen LogP) is 6.84. The number of benzene rings is 3. The van der Waals surface area contributed by atoms with E-state index in [9.17, 15) is 9.59 Å². The van der Waals surface area contributed by atoms with Crippen LogP contribution in [0, 0.1) is 0 Å². The lowest BCUT2D eigenvalue weighted by Crippen LogP contribution is -2.63. The molecule has 0 spiro atoms. The highest BCUT2D eigenvalue weighted by molar-refractivity contribution is 6.06. The van der Waals surface area contributed by atoms with Gasteiger partial charge in [-0.05, 0) is 68.1 Å². The lowest BCUT2D eigenvalue weighted by atomic mass is 9.83. The van der Waals surface area contributed by atoms with Gasteiger partial charge in [-0.25, -0.2) is 0 Å². The molecule has 0 saturated heterocycles. The summed E-state index contributed by atoms with van der Waals surface area (Å²) in [5.41, 5.74) is 1.56. The van der Waals surface area contributed by atoms with Gasteiger partial charge in [-0.3, -0.25) is 9.59 Å². The number of hydrogen-bond acceptors (Lipinski definition) is 5. The van der Waals surface area contributed by atoms with Gasteiger partial charge >= 0.3 is 0 Å². The number of amides is 2. The highest BCUT2D eigenvalue weighted by Gasteiger charge is 2.53. The van der Waals surface area contributed by atoms with Crippen molar-refractivity contribution in [2.24, 2.45) is 0 Å². The summed E-state index contributed by atoms with van der Waals surface area (Å²) < 4.78 is 19.3. The van der Waals surface area contributed by atoms with Gasteiger partial charge in [-0.15, -0.1) is 0 Å². The Hall–Kier alpha value is -4.46. The van der Waals surface area contributed by atoms with Gasteiger partial charge in [0.1, 0.15) is 22.9 Å². The minimum Gasteiger partial charge on any atom is -0.496 e. The van der Waals surface area contributed by atoms with E-state index in [2.05, 4.69) is 5.32 Å². The number of carbonyl (C=O) groups excluding carboxylic acids is 2. The van der Waals surface area contributed by atoms with E-state index in [-0.39, 0.29) is 37.0 Å². The van der Waals surface area contributed by atoms with Gasteiger partial charge in [-0.1, -0.05) is 68.1 Å². The standard InChI is InChI=1S/C37H43N3O5/c1-25(2)45-29-18-16-26(17-19-29)23-40-35(41)31-22-30-32(43-3)20-21-33(44-4)34(30)39(31)24-37(40,27-12-8-7-9-13-27)36(42)38-28-14-10-5-6-11-15-28/h7-9,12-13,16-22,25,28H,5-6,10-11,14-15,23-24H2,1-4H3,(H,38,42)/t37-/m0/s1. The van der Waals surface area contributed by atoms with Gasteiger partial charge < -0.3 is 29.0 Å². The topological polar surface area (TPSA) is 82.0 Å². The van der Waals surface area contributed by atoms with E-state index >= 15 is 0 Å². The number of rotatable bonds is 9. The molecule has 6 rings (SSSR count). The summed E-state index contributed by atoms with van der Waals surface area (Å²) in [6.45, 7) is 4.44. The van der Waals surface area contributed by atoms with Gasteiger partial charge in [0.2, 0.25) is 0 Å². The fourth-order valence-electron chi connectivity index (χ4n) is 6.98. The molecule has 2 heterocycles. The van der Waals surface area contributed by atoms with E-state index in [1.807, 2.05) is 91.2 Å². The SMILES string of the molecule is COc1ccc(OC)c2c1cc1n2C[C@@](C(=O)NC2CCCCCC2)(c2ccccc2)N(Cc2ccc(OC(C)C)cc2)C1=O. The fraction of sp³-hybridized carbons (Fsp3) is 0.405. The highest BCUT2D eigenvalue weighted by atomic mass is 16.5. The Bertz CT molecular complexity index is 1660. The number of hydrogen-bond donors (Lipinski definition) is 1. The summed E-state index contributed by atoms with van der Waals surface area (Å²) in [6.07, 6.45) is 6.44. The van der Waals surface area contributed by atoms with E-state index in [1.54, 1.807) is 19.1 Å². The Labute approximate surface area is 265 Å². The third-order valence-corrected chi connectivity index (χ3v) is 9.19. The lowest BCUT2D eigenvalue weighted by molar-refractivity contribution is -0.136. The molecule has 1 aliphatic carbocycles. The third kappa shape index (κ3) is 5.74. The molecule has 1 aliphatic heterocycles. The van der Waals surface area contributed by atoms with Crippen molar-refractivity contribution >= 4 is 22.7 Å². The van der Waals surface area contributed by atoms with Crippen LogP contribution in [0.1, 0.15) is 74.0 Å². The van der Waals surface area contributed by atoms with Crippen LogP contribution in [0.4, 0.5) is 0 Å². The molecule has 1 atom stereocenters. The zero-order chi connectivity index (χ0) is 31.6. The molecular weight excluding hydrogens is 566 g/mol. The zero-order valence-corrected chi connectivity index (χ0v) is 26.7. The average molecular weight is 610 g/mol. The van der Waals surface area contributed by atoms with Crippen molar-refractivity contribution in [3.8, 4) is 17.2 Å². The first kappa shape index (κ1) is 30.6. The van der Waals surface area contributed by atoms with Crippen molar-refractivity contribution in [3.63, 3.8) is 0 Å². The second-order valence-electron chi connectivity index (χ2n) is 12.4. The molecule has 2 aliphatic rings. The maximum atomic E-state index is 15.0. The van der Waals surface area contributed by atoms with Gasteiger partial charge in [0, 0.05) is 18.0 Å². The van der Waals surface area contributed by atoms with Crippen LogP contribution >= 0.6 is 0 Å². The molecule has 1 saturated carbocycles. The van der Waals surface area contributed by atoms with Crippen LogP contribution < -0.4 is 19.5 Å². The first-order chi connectivity index (χ1) is 21.8. The maximum Gasteiger partial charge on any atom is 0.272 e. The summed E-state index contributed by atoms with van der Waals surface area (Å²) in [7, 11) is 3.24. The molecule has 1 fully saturated rings. The van der Waals surface area contributed by atoms with Gasteiger partial charge in [-0.2, -0.15) is 0 Å². The summed E-state index contributed by atoms with van der Waals surface area (Å²) in [5, 5.41) is 4.20. The third-order valence-electron chi connectivity index (χ3n) is 9.19. The Kier molecular flexibility index (Phi) is 8.74. The molecule has 45 heavy (non-hydrogen) atoms. The number of ether oxygens (including phenoxy) is 3. The molecule has 8 nitrogen and oxygen atoms in total. The minimum atomic E-state index is -1.33. The van der Waals surface area contributed by atoms with Crippen LogP contribution in [0.15, 0.2) is 72.8 Å². The van der Waals surface area contributed by atoms with Crippen molar-refractivity contribution in [1.29, 1.82) is 0 Å². The van der Waals surface area contributed by atoms with E-state index in [4.69, 9.17) is 14.2 Å². The smallest absolute Gasteiger partial charge is 0.272 e. The number of aromatic nitrogens is 1. The van der Waals surface area contributed by atoms with E-state index in [0.717, 1.165) is 53.5 Å². The Balaban J connectivity index is 1.54. The van der Waals surface area contributed by atoms with Crippen LogP contribution in [0.25, 0.3) is 10.9 Å². The van der Waals surface area contributed by atoms with Crippen molar-refractivity contribution in [2.75, 3.05) is 14.2 Å². The second kappa shape index (κ2) is 12.9. The molecule has 0 radical (unpaired) electrons. The number of methoxy groups -OCH3 is 2. The van der Waals surface area contributed by atoms with Gasteiger partial charge in [0.15, 0.2) is 5.54 Å². The second-order valence-corrected chi connectivity index (χ2v) is 12.4. The first-order valence-electron chi connectivity index (χ1n) is 16.0. The molecule has 8 heteroatoms. The van der Waals surface area contributed by atoms with E-state index < -0.39 is 5.54 Å². The molecule has 3 aromatic carbocycles. The van der Waals surface area contributed by atoms with Gasteiger partial charge in [0.05, 0.1) is 32.4 Å². The first-order valence-corrected chi connectivity index (χ1v) is 16.0. The summed E-state index contributed by atoms with van der Waals surface area (Å²) in [5.74, 6) is 1.62. The maximum absolute atomic E-state index is 15.0. The number of fused-ring (bicyclic) bond motifs is 3. The Morgan fingerprint density at radius 1 is 0.911 bits per heavy atom. The average Bonchev–Trinajstić information content (AvgIpc) is 3.24. The zero-order valence-electron chi connectivity index (χ0n) is 26.7. The summed E-state index contributed by atoms with van der Waals surface area (Å²) in [4.78, 5) is 31.6. The van der Waals surface area contributed by atoms with Crippen LogP contribution in [0.5, 0.6) is 17.2 Å². The molecule has 236 valence electrons. The highest BCUT2D eigenvalue weighted by Crippen LogP contribution is 2.44. The number of carbonyl (C=O) groups is 2. The van der Waals surface area contributed by atoms with Crippen LogP contribution in [0.2, 0.25) is 0 Å². The minimum absolute atomic E-state index is 0.0498. The lowest BCUT2D eigenvalue weighted by Gasteiger charge is -2.47. The molecule has 0 bridgehead atoms. The summed E-state index contributed by atoms with van der Waals surface area (Å²) in [6, 6.07) is 23.1. The Morgan fingerprint density at radius 3 is 2.22 bits per heavy atom. The quantitative estimate of drug-likeness (QED) is 0.210. The summed E-state index contributed by atoms with van der Waals surface area (Å²) >= 11 is 0. The molecule has 4 aromatic rings. The van der Waals surface area contributed by atoms with Crippen LogP contribution in [0.3, 0.4) is 0 Å². The van der Waals surface area contributed by atoms with E-state index in [1.165, 1.54) is 12.8 Å². The van der Waals surface area contributed by atoms with Crippen molar-refractivity contribution in [2.45, 2.75) is 83.1 Å². The molecule has 0 unspecified atom stereocenters. The molecule has 1 N–H and O–H groups in total. The van der Waals surface area contributed by atoms with Crippen molar-refractivity contribution < 1.29 is 23.8 Å². The number of nitrogens with one attached hydrogen (secondary N) is 1. The number of nitrogens with zero attached hydrogens (tertiary/aromatic N) is 2. The predicted molar refractivity (Wildman–Crippen MR) is 175 cm³/mol. The van der Waals surface area contributed by atoms with E-state index in [0.29, 0.717) is 17.2 Å². The van der Waals surface area contributed by atoms with Crippen LogP contribution in [-0.2, 0) is 23.4 Å². The van der Waals surface area contributed by atoms with Gasteiger partial charge in [0.25, 0.3) is 11.8 Å².